The van der Waals surface area contributed by atoms with Crippen LogP contribution in [0.25, 0.3) is 0 Å². The summed E-state index contributed by atoms with van der Waals surface area (Å²) in [6, 6.07) is 8.57. The molecule has 1 aromatic carbocycles. The minimum absolute atomic E-state index is 0.0107. The number of carbonyl (C=O) groups excluding carboxylic acids is 1. The maximum Gasteiger partial charge on any atom is 0.274 e. The van der Waals surface area contributed by atoms with Crippen LogP contribution in [0.4, 0.5) is 10.1 Å². The average Bonchev–Trinajstić information content (AvgIpc) is 3.32. The monoisotopic (exact) mass is 370 g/mol. The van der Waals surface area contributed by atoms with Crippen molar-refractivity contribution in [1.82, 2.24) is 14.7 Å². The number of likely N-dealkylation sites (tertiary alicyclic amines) is 1. The van der Waals surface area contributed by atoms with Crippen molar-refractivity contribution in [3.63, 3.8) is 0 Å². The van der Waals surface area contributed by atoms with Gasteiger partial charge in [0.1, 0.15) is 11.5 Å². The van der Waals surface area contributed by atoms with E-state index < -0.39 is 0 Å². The molecule has 0 bridgehead atoms. The molecule has 2 aliphatic rings. The van der Waals surface area contributed by atoms with Gasteiger partial charge in [-0.3, -0.25) is 9.48 Å². The van der Waals surface area contributed by atoms with Crippen LogP contribution in [-0.4, -0.2) is 44.8 Å². The Morgan fingerprint density at radius 2 is 2.11 bits per heavy atom. The van der Waals surface area contributed by atoms with Crippen LogP contribution in [-0.2, 0) is 6.54 Å². The molecule has 1 aromatic heterocycles. The molecule has 2 aliphatic heterocycles. The summed E-state index contributed by atoms with van der Waals surface area (Å²) in [4.78, 5) is 17.5. The molecule has 2 aromatic rings. The van der Waals surface area contributed by atoms with Gasteiger partial charge in [-0.2, -0.15) is 5.10 Å². The molecule has 0 saturated carbocycles. The molecule has 1 amide bonds. The van der Waals surface area contributed by atoms with Crippen LogP contribution in [0.1, 0.15) is 50.5 Å². The van der Waals surface area contributed by atoms with Crippen molar-refractivity contribution >= 4 is 11.6 Å². The summed E-state index contributed by atoms with van der Waals surface area (Å²) < 4.78 is 15.6. The van der Waals surface area contributed by atoms with Crippen molar-refractivity contribution in [1.29, 1.82) is 0 Å². The van der Waals surface area contributed by atoms with E-state index in [2.05, 4.69) is 23.8 Å². The van der Waals surface area contributed by atoms with E-state index in [1.807, 2.05) is 30.2 Å². The first-order valence-corrected chi connectivity index (χ1v) is 9.73. The predicted molar refractivity (Wildman–Crippen MR) is 103 cm³/mol. The maximum atomic E-state index is 13.8. The number of nitrogens with zero attached hydrogens (tertiary/aromatic N) is 4. The number of carbonyl (C=O) groups is 1. The summed E-state index contributed by atoms with van der Waals surface area (Å²) in [6.07, 6.45) is 4.69. The van der Waals surface area contributed by atoms with Crippen LogP contribution in [0.2, 0.25) is 0 Å². The molecule has 0 N–H and O–H groups in total. The molecule has 2 saturated heterocycles. The summed E-state index contributed by atoms with van der Waals surface area (Å²) >= 11 is 0. The quantitative estimate of drug-likeness (QED) is 0.827. The van der Waals surface area contributed by atoms with Gasteiger partial charge >= 0.3 is 0 Å². The highest BCUT2D eigenvalue weighted by atomic mass is 19.1. The summed E-state index contributed by atoms with van der Waals surface area (Å²) in [6.45, 7) is 8.60. The van der Waals surface area contributed by atoms with Gasteiger partial charge in [0.05, 0.1) is 5.54 Å². The van der Waals surface area contributed by atoms with Gasteiger partial charge in [0.25, 0.3) is 5.91 Å². The first-order chi connectivity index (χ1) is 12.8. The third-order valence-electron chi connectivity index (χ3n) is 6.09. The summed E-state index contributed by atoms with van der Waals surface area (Å²) in [7, 11) is 0. The molecule has 1 unspecified atom stereocenters. The molecule has 2 fully saturated rings. The molecule has 0 radical (unpaired) electrons. The Morgan fingerprint density at radius 3 is 2.81 bits per heavy atom. The predicted octanol–water partition coefficient (Wildman–Crippen LogP) is 3.71. The number of benzene rings is 1. The van der Waals surface area contributed by atoms with E-state index in [-0.39, 0.29) is 22.8 Å². The highest BCUT2D eigenvalue weighted by Crippen LogP contribution is 2.47. The van der Waals surface area contributed by atoms with Crippen molar-refractivity contribution in [2.24, 2.45) is 0 Å². The Hall–Kier alpha value is -2.37. The first-order valence-electron chi connectivity index (χ1n) is 9.73. The van der Waals surface area contributed by atoms with Gasteiger partial charge in [-0.1, -0.05) is 6.07 Å². The number of aryl methyl sites for hydroxylation is 1. The summed E-state index contributed by atoms with van der Waals surface area (Å²) in [5.41, 5.74) is 1.02. The Balaban J connectivity index is 1.64. The molecule has 5 nitrogen and oxygen atoms in total. The number of amides is 1. The number of hydrogen-bond acceptors (Lipinski definition) is 3. The normalized spacial score (nSPS) is 24.1. The van der Waals surface area contributed by atoms with Crippen LogP contribution in [0.15, 0.2) is 36.5 Å². The third-order valence-corrected chi connectivity index (χ3v) is 6.09. The lowest BCUT2D eigenvalue weighted by Gasteiger charge is -2.35. The highest BCUT2D eigenvalue weighted by molar-refractivity contribution is 5.93. The largest absolute Gasteiger partial charge is 0.364 e. The van der Waals surface area contributed by atoms with E-state index in [4.69, 9.17) is 0 Å². The minimum atomic E-state index is -0.228. The number of hydrogen-bond donors (Lipinski definition) is 0. The molecular weight excluding hydrogens is 343 g/mol. The molecule has 6 heteroatoms. The lowest BCUT2D eigenvalue weighted by molar-refractivity contribution is 0.0610. The molecule has 144 valence electrons. The standard InChI is InChI=1S/C21H27FN4O/c1-4-24-12-9-18(23-24)19(27)25-11-6-10-21(25)14-20(2,3)26(15-21)17-8-5-7-16(22)13-17/h5,7-9,12-13H,4,6,10-11,14-15H2,1-3H3. The van der Waals surface area contributed by atoms with Gasteiger partial charge in [0, 0.05) is 37.1 Å². The van der Waals surface area contributed by atoms with Crippen molar-refractivity contribution in [3.05, 3.63) is 48.0 Å². The van der Waals surface area contributed by atoms with E-state index in [0.29, 0.717) is 5.69 Å². The SMILES string of the molecule is CCn1ccc(C(=O)N2CCCC23CN(c2cccc(F)c2)C(C)(C)C3)n1. The molecule has 1 atom stereocenters. The topological polar surface area (TPSA) is 41.4 Å². The molecular formula is C21H27FN4O. The Labute approximate surface area is 159 Å². The fourth-order valence-electron chi connectivity index (χ4n) is 4.94. The second-order valence-corrected chi connectivity index (χ2v) is 8.40. The Kier molecular flexibility index (Phi) is 4.24. The smallest absolute Gasteiger partial charge is 0.274 e. The fraction of sp³-hybridized carbons (Fsp3) is 0.524. The second-order valence-electron chi connectivity index (χ2n) is 8.40. The van der Waals surface area contributed by atoms with Crippen LogP contribution in [0.5, 0.6) is 0 Å². The number of halogens is 1. The van der Waals surface area contributed by atoms with Gasteiger partial charge in [0.15, 0.2) is 0 Å². The average molecular weight is 370 g/mol. The van der Waals surface area contributed by atoms with E-state index >= 15 is 0 Å². The zero-order valence-corrected chi connectivity index (χ0v) is 16.3. The van der Waals surface area contributed by atoms with Gasteiger partial charge < -0.3 is 9.80 Å². The number of anilines is 1. The van der Waals surface area contributed by atoms with Crippen molar-refractivity contribution in [2.45, 2.75) is 57.7 Å². The maximum absolute atomic E-state index is 13.8. The van der Waals surface area contributed by atoms with E-state index in [9.17, 15) is 9.18 Å². The molecule has 27 heavy (non-hydrogen) atoms. The zero-order valence-electron chi connectivity index (χ0n) is 16.3. The van der Waals surface area contributed by atoms with Crippen LogP contribution in [0, 0.1) is 5.82 Å². The summed E-state index contributed by atoms with van der Waals surface area (Å²) in [5.74, 6) is -0.217. The second kappa shape index (κ2) is 6.36. The lowest BCUT2D eigenvalue weighted by atomic mass is 9.87. The Bertz CT molecular complexity index is 861. The Morgan fingerprint density at radius 1 is 1.30 bits per heavy atom. The molecule has 0 aliphatic carbocycles. The minimum Gasteiger partial charge on any atom is -0.364 e. The fourth-order valence-corrected chi connectivity index (χ4v) is 4.94. The van der Waals surface area contributed by atoms with E-state index in [1.165, 1.54) is 6.07 Å². The van der Waals surface area contributed by atoms with Gasteiger partial charge in [-0.15, -0.1) is 0 Å². The van der Waals surface area contributed by atoms with Crippen LogP contribution < -0.4 is 4.90 Å². The van der Waals surface area contributed by atoms with Gasteiger partial charge in [-0.05, 0) is 64.3 Å². The molecule has 1 spiro atoms. The van der Waals surface area contributed by atoms with Gasteiger partial charge in [0.2, 0.25) is 0 Å². The van der Waals surface area contributed by atoms with Crippen molar-refractivity contribution < 1.29 is 9.18 Å². The summed E-state index contributed by atoms with van der Waals surface area (Å²) in [5, 5.41) is 4.42. The number of aromatic nitrogens is 2. The first kappa shape index (κ1) is 18.0. The van der Waals surface area contributed by atoms with Crippen LogP contribution in [0.3, 0.4) is 0 Å². The van der Waals surface area contributed by atoms with Gasteiger partial charge in [-0.25, -0.2) is 4.39 Å². The zero-order chi connectivity index (χ0) is 19.2. The third kappa shape index (κ3) is 3.01. The van der Waals surface area contributed by atoms with E-state index in [0.717, 1.165) is 44.6 Å². The lowest BCUT2D eigenvalue weighted by Crippen LogP contribution is -2.49. The molecule has 4 rings (SSSR count). The van der Waals surface area contributed by atoms with E-state index in [1.54, 1.807) is 16.8 Å². The van der Waals surface area contributed by atoms with Crippen molar-refractivity contribution in [3.8, 4) is 0 Å². The highest BCUT2D eigenvalue weighted by Gasteiger charge is 2.55. The van der Waals surface area contributed by atoms with Crippen molar-refractivity contribution in [2.75, 3.05) is 18.0 Å². The molecule has 3 heterocycles. The number of rotatable bonds is 3. The van der Waals surface area contributed by atoms with Crippen LogP contribution >= 0.6 is 0 Å².